The normalized spacial score (nSPS) is 10.9. The molecule has 0 saturated carbocycles. The van der Waals surface area contributed by atoms with Gasteiger partial charge in [-0.2, -0.15) is 5.10 Å². The van der Waals surface area contributed by atoms with E-state index >= 15 is 0 Å². The highest BCUT2D eigenvalue weighted by Crippen LogP contribution is 2.36. The minimum atomic E-state index is -0.335. The first-order valence-electron chi connectivity index (χ1n) is 8.65. The molecule has 0 spiro atoms. The molecule has 29 heavy (non-hydrogen) atoms. The third kappa shape index (κ3) is 4.74. The number of hydrazone groups is 1. The highest BCUT2D eigenvalue weighted by molar-refractivity contribution is 7.20. The Bertz CT molecular complexity index is 1120. The summed E-state index contributed by atoms with van der Waals surface area (Å²) in [6.07, 6.45) is 1.70. The van der Waals surface area contributed by atoms with Crippen LogP contribution in [-0.2, 0) is 0 Å². The molecule has 0 aliphatic carbocycles. The van der Waals surface area contributed by atoms with E-state index in [1.54, 1.807) is 53.9 Å². The lowest BCUT2D eigenvalue weighted by Gasteiger charge is -2.05. The summed E-state index contributed by atoms with van der Waals surface area (Å²) < 4.78 is 13.3. The topological polar surface area (TPSA) is 66.4 Å². The number of anilines is 2. The highest BCUT2D eigenvalue weighted by Gasteiger charge is 2.16. The number of hydrogen-bond acceptors (Lipinski definition) is 6. The van der Waals surface area contributed by atoms with Gasteiger partial charge in [0.25, 0.3) is 5.91 Å². The number of amides is 1. The van der Waals surface area contributed by atoms with Gasteiger partial charge in [-0.05, 0) is 47.8 Å². The van der Waals surface area contributed by atoms with Crippen LogP contribution in [0.5, 0.6) is 0 Å². The van der Waals surface area contributed by atoms with Crippen LogP contribution in [0.15, 0.2) is 77.2 Å². The van der Waals surface area contributed by atoms with Crippen molar-refractivity contribution in [3.05, 3.63) is 88.4 Å². The van der Waals surface area contributed by atoms with Crippen LogP contribution in [0.4, 0.5) is 14.5 Å². The van der Waals surface area contributed by atoms with E-state index in [2.05, 4.69) is 20.8 Å². The molecule has 0 atom stereocenters. The van der Waals surface area contributed by atoms with Gasteiger partial charge in [0, 0.05) is 16.0 Å². The first-order chi connectivity index (χ1) is 14.2. The third-order valence-corrected chi connectivity index (χ3v) is 5.59. The van der Waals surface area contributed by atoms with Gasteiger partial charge in [-0.25, -0.2) is 9.37 Å². The van der Waals surface area contributed by atoms with Crippen LogP contribution in [0.3, 0.4) is 0 Å². The molecule has 8 heteroatoms. The number of thiazole rings is 1. The fourth-order valence-corrected chi connectivity index (χ4v) is 3.95. The summed E-state index contributed by atoms with van der Waals surface area (Å²) in [6, 6.07) is 18.8. The molecule has 4 aromatic rings. The van der Waals surface area contributed by atoms with Gasteiger partial charge in [-0.3, -0.25) is 10.2 Å². The molecule has 2 aromatic heterocycles. The molecule has 2 heterocycles. The van der Waals surface area contributed by atoms with Crippen molar-refractivity contribution in [3.8, 4) is 11.3 Å². The standard InChI is InChI=1S/C21H15FN4OS2/c22-16-10-8-14(9-11-16)18-20(25-19(27)15-5-2-1-3-6-15)29-21(24-18)26-23-13-17-7-4-12-28-17/h1-13H,(H,24,26)(H,25,27)/b23-13-. The molecule has 144 valence electrons. The monoisotopic (exact) mass is 422 g/mol. The quantitative estimate of drug-likeness (QED) is 0.309. The number of nitrogens with one attached hydrogen (secondary N) is 2. The fourth-order valence-electron chi connectivity index (χ4n) is 2.54. The van der Waals surface area contributed by atoms with E-state index in [9.17, 15) is 9.18 Å². The van der Waals surface area contributed by atoms with E-state index in [1.165, 1.54) is 23.5 Å². The molecule has 0 radical (unpaired) electrons. The summed E-state index contributed by atoms with van der Waals surface area (Å²) in [5.74, 6) is -0.580. The molecule has 5 nitrogen and oxygen atoms in total. The van der Waals surface area contributed by atoms with Crippen molar-refractivity contribution < 1.29 is 9.18 Å². The molecule has 0 saturated heterocycles. The number of hydrogen-bond donors (Lipinski definition) is 2. The van der Waals surface area contributed by atoms with Gasteiger partial charge < -0.3 is 5.32 Å². The fraction of sp³-hybridized carbons (Fsp3) is 0. The number of carbonyl (C=O) groups is 1. The number of halogens is 1. The van der Waals surface area contributed by atoms with E-state index in [-0.39, 0.29) is 11.7 Å². The maximum absolute atomic E-state index is 13.3. The average molecular weight is 423 g/mol. The van der Waals surface area contributed by atoms with E-state index in [4.69, 9.17) is 0 Å². The van der Waals surface area contributed by atoms with Gasteiger partial charge in [-0.1, -0.05) is 35.6 Å². The van der Waals surface area contributed by atoms with E-state index in [1.807, 2.05) is 23.6 Å². The van der Waals surface area contributed by atoms with Crippen LogP contribution < -0.4 is 10.7 Å². The lowest BCUT2D eigenvalue weighted by atomic mass is 10.1. The second-order valence-electron chi connectivity index (χ2n) is 5.91. The Hall–Kier alpha value is -3.36. The molecule has 2 N–H and O–H groups in total. The maximum Gasteiger partial charge on any atom is 0.256 e. The summed E-state index contributed by atoms with van der Waals surface area (Å²) in [4.78, 5) is 18.1. The van der Waals surface area contributed by atoms with Crippen molar-refractivity contribution in [3.63, 3.8) is 0 Å². The van der Waals surface area contributed by atoms with Crippen LogP contribution in [0.2, 0.25) is 0 Å². The number of rotatable bonds is 6. The second kappa shape index (κ2) is 8.76. The van der Waals surface area contributed by atoms with Crippen molar-refractivity contribution in [1.29, 1.82) is 0 Å². The Kier molecular flexibility index (Phi) is 5.73. The SMILES string of the molecule is O=C(Nc1sc(N/N=C\c2cccs2)nc1-c1ccc(F)cc1)c1ccccc1. The first-order valence-corrected chi connectivity index (χ1v) is 10.3. The van der Waals surface area contributed by atoms with E-state index in [0.717, 1.165) is 4.88 Å². The minimum absolute atomic E-state index is 0.244. The molecule has 0 aliphatic heterocycles. The molecular formula is C21H15FN4OS2. The molecule has 2 aromatic carbocycles. The van der Waals surface area contributed by atoms with Crippen molar-refractivity contribution in [1.82, 2.24) is 4.98 Å². The maximum atomic E-state index is 13.3. The van der Waals surface area contributed by atoms with Crippen molar-refractivity contribution in [2.45, 2.75) is 0 Å². The zero-order valence-electron chi connectivity index (χ0n) is 15.0. The van der Waals surface area contributed by atoms with Crippen LogP contribution in [0.25, 0.3) is 11.3 Å². The predicted molar refractivity (Wildman–Crippen MR) is 117 cm³/mol. The molecule has 0 aliphatic rings. The Balaban J connectivity index is 1.61. The van der Waals surface area contributed by atoms with Crippen molar-refractivity contribution in [2.75, 3.05) is 10.7 Å². The number of nitrogens with zero attached hydrogens (tertiary/aromatic N) is 2. The molecule has 1 amide bonds. The van der Waals surface area contributed by atoms with Crippen LogP contribution in [0.1, 0.15) is 15.2 Å². The zero-order valence-corrected chi connectivity index (χ0v) is 16.6. The number of thiophene rings is 1. The summed E-state index contributed by atoms with van der Waals surface area (Å²) in [6.45, 7) is 0. The molecule has 0 unspecified atom stereocenters. The van der Waals surface area contributed by atoms with E-state index < -0.39 is 0 Å². The number of aromatic nitrogens is 1. The Morgan fingerprint density at radius 1 is 1.03 bits per heavy atom. The lowest BCUT2D eigenvalue weighted by molar-refractivity contribution is 0.102. The summed E-state index contributed by atoms with van der Waals surface area (Å²) in [7, 11) is 0. The van der Waals surface area contributed by atoms with Gasteiger partial charge in [0.2, 0.25) is 5.13 Å². The van der Waals surface area contributed by atoms with Crippen LogP contribution in [-0.4, -0.2) is 17.1 Å². The van der Waals surface area contributed by atoms with Crippen molar-refractivity contribution in [2.24, 2.45) is 5.10 Å². The lowest BCUT2D eigenvalue weighted by Crippen LogP contribution is -2.11. The minimum Gasteiger partial charge on any atom is -0.312 e. The largest absolute Gasteiger partial charge is 0.312 e. The van der Waals surface area contributed by atoms with Gasteiger partial charge in [0.05, 0.1) is 6.21 Å². The molecular weight excluding hydrogens is 407 g/mol. The Morgan fingerprint density at radius 3 is 2.55 bits per heavy atom. The molecule has 0 bridgehead atoms. The summed E-state index contributed by atoms with van der Waals surface area (Å²) in [5, 5.41) is 10.1. The van der Waals surface area contributed by atoms with Gasteiger partial charge >= 0.3 is 0 Å². The van der Waals surface area contributed by atoms with Crippen LogP contribution in [0, 0.1) is 5.82 Å². The number of benzene rings is 2. The third-order valence-electron chi connectivity index (χ3n) is 3.90. The molecule has 4 rings (SSSR count). The predicted octanol–water partition coefficient (Wildman–Crippen LogP) is 5.71. The summed E-state index contributed by atoms with van der Waals surface area (Å²) in [5.41, 5.74) is 4.68. The van der Waals surface area contributed by atoms with Gasteiger partial charge in [0.15, 0.2) is 0 Å². The van der Waals surface area contributed by atoms with Gasteiger partial charge in [-0.15, -0.1) is 11.3 Å². The number of carbonyl (C=O) groups excluding carboxylic acids is 1. The average Bonchev–Trinajstić information content (AvgIpc) is 3.40. The Labute approximate surface area is 174 Å². The molecule has 0 fully saturated rings. The summed E-state index contributed by atoms with van der Waals surface area (Å²) >= 11 is 2.83. The first kappa shape index (κ1) is 19.0. The van der Waals surface area contributed by atoms with Gasteiger partial charge in [0.1, 0.15) is 16.5 Å². The smallest absolute Gasteiger partial charge is 0.256 e. The second-order valence-corrected chi connectivity index (χ2v) is 7.89. The van der Waals surface area contributed by atoms with Crippen molar-refractivity contribution >= 4 is 44.9 Å². The highest BCUT2D eigenvalue weighted by atomic mass is 32.1. The zero-order chi connectivity index (χ0) is 20.1. The van der Waals surface area contributed by atoms with Crippen LogP contribution >= 0.6 is 22.7 Å². The van der Waals surface area contributed by atoms with E-state index in [0.29, 0.717) is 27.0 Å². The Morgan fingerprint density at radius 2 is 1.83 bits per heavy atom.